The molecule has 2 fully saturated rings. The van der Waals surface area contributed by atoms with Gasteiger partial charge in [-0.25, -0.2) is 0 Å². The summed E-state index contributed by atoms with van der Waals surface area (Å²) < 4.78 is 5.29. The van der Waals surface area contributed by atoms with Crippen LogP contribution in [0, 0.1) is 5.92 Å². The van der Waals surface area contributed by atoms with Gasteiger partial charge in [0.2, 0.25) is 5.91 Å². The Bertz CT molecular complexity index is 530. The van der Waals surface area contributed by atoms with Crippen LogP contribution in [0.5, 0.6) is 5.75 Å². The molecule has 1 saturated heterocycles. The number of ether oxygens (including phenoxy) is 1. The predicted octanol–water partition coefficient (Wildman–Crippen LogP) is 3.68. The topological polar surface area (TPSA) is 41.6 Å². The Labute approximate surface area is 139 Å². The summed E-state index contributed by atoms with van der Waals surface area (Å²) in [4.78, 5) is 14.9. The average Bonchev–Trinajstić information content (AvgIpc) is 2.60. The molecule has 126 valence electrons. The Hall–Kier alpha value is -1.55. The van der Waals surface area contributed by atoms with Crippen molar-refractivity contribution < 1.29 is 9.53 Å². The van der Waals surface area contributed by atoms with E-state index in [4.69, 9.17) is 4.74 Å². The summed E-state index contributed by atoms with van der Waals surface area (Å²) in [5.41, 5.74) is 0.759. The molecule has 23 heavy (non-hydrogen) atoms. The summed E-state index contributed by atoms with van der Waals surface area (Å²) >= 11 is 0. The van der Waals surface area contributed by atoms with Crippen LogP contribution in [-0.2, 0) is 4.79 Å². The number of nitrogens with zero attached hydrogens (tertiary/aromatic N) is 1. The van der Waals surface area contributed by atoms with Gasteiger partial charge in [-0.05, 0) is 50.3 Å². The first kappa shape index (κ1) is 16.3. The molecule has 2 unspecified atom stereocenters. The van der Waals surface area contributed by atoms with Gasteiger partial charge in [0.25, 0.3) is 0 Å². The summed E-state index contributed by atoms with van der Waals surface area (Å²) in [7, 11) is 1.63. The highest BCUT2D eigenvalue weighted by atomic mass is 16.5. The van der Waals surface area contributed by atoms with Crippen molar-refractivity contribution in [3.05, 3.63) is 24.3 Å². The number of hydrogen-bond acceptors (Lipinski definition) is 3. The fourth-order valence-electron chi connectivity index (χ4n) is 4.21. The molecule has 4 nitrogen and oxygen atoms in total. The minimum Gasteiger partial charge on any atom is -0.495 e. The SMILES string of the molecule is COc1ccccc1NC(=O)CCN1CCCC2CCCCC21. The quantitative estimate of drug-likeness (QED) is 0.901. The largest absolute Gasteiger partial charge is 0.495 e. The molecule has 1 aromatic carbocycles. The zero-order chi connectivity index (χ0) is 16.1. The van der Waals surface area contributed by atoms with E-state index in [2.05, 4.69) is 10.2 Å². The van der Waals surface area contributed by atoms with Crippen molar-refractivity contribution in [1.29, 1.82) is 0 Å². The van der Waals surface area contributed by atoms with Gasteiger partial charge in [-0.3, -0.25) is 9.69 Å². The van der Waals surface area contributed by atoms with Crippen molar-refractivity contribution in [3.63, 3.8) is 0 Å². The van der Waals surface area contributed by atoms with E-state index in [9.17, 15) is 4.79 Å². The Kier molecular flexibility index (Phi) is 5.55. The van der Waals surface area contributed by atoms with E-state index in [1.165, 1.54) is 38.5 Å². The summed E-state index contributed by atoms with van der Waals surface area (Å²) in [6.07, 6.45) is 8.67. The van der Waals surface area contributed by atoms with Crippen molar-refractivity contribution in [2.24, 2.45) is 5.92 Å². The summed E-state index contributed by atoms with van der Waals surface area (Å²) in [5, 5.41) is 2.98. The van der Waals surface area contributed by atoms with Crippen molar-refractivity contribution in [1.82, 2.24) is 4.90 Å². The average molecular weight is 316 g/mol. The number of benzene rings is 1. The third-order valence-corrected chi connectivity index (χ3v) is 5.37. The van der Waals surface area contributed by atoms with E-state index in [1.807, 2.05) is 24.3 Å². The maximum absolute atomic E-state index is 12.3. The zero-order valence-electron chi connectivity index (χ0n) is 14.1. The number of carbonyl (C=O) groups excluding carboxylic acids is 1. The Morgan fingerprint density at radius 1 is 1.22 bits per heavy atom. The Balaban J connectivity index is 1.52. The lowest BCUT2D eigenvalue weighted by molar-refractivity contribution is -0.116. The lowest BCUT2D eigenvalue weighted by Crippen LogP contribution is -2.47. The number of likely N-dealkylation sites (tertiary alicyclic amines) is 1. The normalized spacial score (nSPS) is 24.7. The highest BCUT2D eigenvalue weighted by Gasteiger charge is 2.32. The lowest BCUT2D eigenvalue weighted by atomic mass is 9.78. The van der Waals surface area contributed by atoms with E-state index in [0.29, 0.717) is 12.2 Å². The Morgan fingerprint density at radius 3 is 2.87 bits per heavy atom. The highest BCUT2D eigenvalue weighted by molar-refractivity contribution is 5.92. The number of para-hydroxylation sites is 2. The minimum absolute atomic E-state index is 0.0763. The molecule has 0 radical (unpaired) electrons. The number of methoxy groups -OCH3 is 1. The first-order chi connectivity index (χ1) is 11.3. The number of carbonyl (C=O) groups is 1. The molecule has 1 amide bonds. The molecule has 2 aliphatic rings. The third kappa shape index (κ3) is 4.05. The van der Waals surface area contributed by atoms with Crippen LogP contribution >= 0.6 is 0 Å². The van der Waals surface area contributed by atoms with Crippen LogP contribution in [0.1, 0.15) is 44.9 Å². The van der Waals surface area contributed by atoms with Gasteiger partial charge in [0.15, 0.2) is 0 Å². The van der Waals surface area contributed by atoms with E-state index < -0.39 is 0 Å². The van der Waals surface area contributed by atoms with Crippen LogP contribution in [-0.4, -0.2) is 37.0 Å². The fraction of sp³-hybridized carbons (Fsp3) is 0.632. The predicted molar refractivity (Wildman–Crippen MR) is 92.8 cm³/mol. The lowest BCUT2D eigenvalue weighted by Gasteiger charge is -2.44. The van der Waals surface area contributed by atoms with Crippen molar-refractivity contribution >= 4 is 11.6 Å². The number of nitrogens with one attached hydrogen (secondary N) is 1. The van der Waals surface area contributed by atoms with Gasteiger partial charge in [0, 0.05) is 19.0 Å². The molecule has 1 saturated carbocycles. The first-order valence-electron chi connectivity index (χ1n) is 8.95. The minimum atomic E-state index is 0.0763. The molecule has 3 rings (SSSR count). The number of amides is 1. The van der Waals surface area contributed by atoms with Gasteiger partial charge in [0.1, 0.15) is 5.75 Å². The molecular weight excluding hydrogens is 288 g/mol. The number of hydrogen-bond donors (Lipinski definition) is 1. The summed E-state index contributed by atoms with van der Waals surface area (Å²) in [6.45, 7) is 2.03. The maximum atomic E-state index is 12.3. The molecule has 1 N–H and O–H groups in total. The van der Waals surface area contributed by atoms with E-state index in [0.717, 1.165) is 30.7 Å². The molecule has 1 aromatic rings. The highest BCUT2D eigenvalue weighted by Crippen LogP contribution is 2.35. The number of fused-ring (bicyclic) bond motifs is 1. The number of anilines is 1. The van der Waals surface area contributed by atoms with Gasteiger partial charge in [-0.2, -0.15) is 0 Å². The second-order valence-electron chi connectivity index (χ2n) is 6.79. The van der Waals surface area contributed by atoms with Crippen molar-refractivity contribution in [2.45, 2.75) is 51.0 Å². The number of rotatable bonds is 5. The molecular formula is C19H28N2O2. The molecule has 1 aliphatic heterocycles. The molecule has 1 heterocycles. The van der Waals surface area contributed by atoms with Gasteiger partial charge in [-0.1, -0.05) is 25.0 Å². The summed E-state index contributed by atoms with van der Waals surface area (Å²) in [6, 6.07) is 8.29. The molecule has 4 heteroatoms. The van der Waals surface area contributed by atoms with Gasteiger partial charge >= 0.3 is 0 Å². The van der Waals surface area contributed by atoms with E-state index >= 15 is 0 Å². The zero-order valence-corrected chi connectivity index (χ0v) is 14.1. The smallest absolute Gasteiger partial charge is 0.225 e. The molecule has 1 aliphatic carbocycles. The standard InChI is InChI=1S/C19H28N2O2/c1-23-18-11-5-3-9-16(18)20-19(22)12-14-21-13-6-8-15-7-2-4-10-17(15)21/h3,5,9,11,15,17H,2,4,6-8,10,12-14H2,1H3,(H,20,22). The fourth-order valence-corrected chi connectivity index (χ4v) is 4.21. The molecule has 0 bridgehead atoms. The summed E-state index contributed by atoms with van der Waals surface area (Å²) in [5.74, 6) is 1.66. The van der Waals surface area contributed by atoms with Gasteiger partial charge < -0.3 is 10.1 Å². The monoisotopic (exact) mass is 316 g/mol. The van der Waals surface area contributed by atoms with Crippen molar-refractivity contribution in [3.8, 4) is 5.75 Å². The van der Waals surface area contributed by atoms with Crippen molar-refractivity contribution in [2.75, 3.05) is 25.5 Å². The third-order valence-electron chi connectivity index (χ3n) is 5.37. The van der Waals surface area contributed by atoms with Crippen LogP contribution in [0.25, 0.3) is 0 Å². The van der Waals surface area contributed by atoms with Gasteiger partial charge in [-0.15, -0.1) is 0 Å². The van der Waals surface area contributed by atoms with E-state index in [-0.39, 0.29) is 5.91 Å². The molecule has 2 atom stereocenters. The number of piperidine rings is 1. The maximum Gasteiger partial charge on any atom is 0.225 e. The van der Waals surface area contributed by atoms with Crippen LogP contribution in [0.15, 0.2) is 24.3 Å². The van der Waals surface area contributed by atoms with Crippen LogP contribution < -0.4 is 10.1 Å². The second-order valence-corrected chi connectivity index (χ2v) is 6.79. The van der Waals surface area contributed by atoms with Crippen LogP contribution in [0.2, 0.25) is 0 Å². The first-order valence-corrected chi connectivity index (χ1v) is 8.95. The van der Waals surface area contributed by atoms with Gasteiger partial charge in [0.05, 0.1) is 12.8 Å². The molecule has 0 aromatic heterocycles. The Morgan fingerprint density at radius 2 is 2.00 bits per heavy atom. The van der Waals surface area contributed by atoms with E-state index in [1.54, 1.807) is 7.11 Å². The van der Waals surface area contributed by atoms with Crippen LogP contribution in [0.3, 0.4) is 0 Å². The second kappa shape index (κ2) is 7.82. The van der Waals surface area contributed by atoms with Crippen LogP contribution in [0.4, 0.5) is 5.69 Å². The molecule has 0 spiro atoms.